The molecule has 1 unspecified atom stereocenters. The zero-order chi connectivity index (χ0) is 13.7. The van der Waals surface area contributed by atoms with E-state index in [1.54, 1.807) is 0 Å². The molecule has 1 atom stereocenters. The zero-order valence-electron chi connectivity index (χ0n) is 12.1. The van der Waals surface area contributed by atoms with Crippen LogP contribution in [0.2, 0.25) is 0 Å². The van der Waals surface area contributed by atoms with E-state index in [1.807, 2.05) is 12.1 Å². The Labute approximate surface area is 116 Å². The first-order chi connectivity index (χ1) is 9.15. The first-order valence-corrected chi connectivity index (χ1v) is 7.50. The number of aliphatic hydroxyl groups is 1. The number of benzene rings is 1. The second-order valence-corrected chi connectivity index (χ2v) is 6.16. The van der Waals surface area contributed by atoms with E-state index >= 15 is 0 Å². The van der Waals surface area contributed by atoms with Crippen LogP contribution in [-0.2, 0) is 11.2 Å². The van der Waals surface area contributed by atoms with Gasteiger partial charge < -0.3 is 9.84 Å². The molecule has 0 aliphatic heterocycles. The van der Waals surface area contributed by atoms with E-state index in [9.17, 15) is 5.11 Å². The van der Waals surface area contributed by atoms with Crippen LogP contribution in [0.25, 0.3) is 0 Å². The van der Waals surface area contributed by atoms with Crippen molar-refractivity contribution >= 4 is 0 Å². The van der Waals surface area contributed by atoms with Crippen LogP contribution in [0.15, 0.2) is 24.3 Å². The molecule has 1 aromatic rings. The van der Waals surface area contributed by atoms with Gasteiger partial charge in [0.25, 0.3) is 0 Å². The highest BCUT2D eigenvalue weighted by Gasteiger charge is 2.20. The van der Waals surface area contributed by atoms with Gasteiger partial charge in [-0.1, -0.05) is 51.0 Å². The third kappa shape index (κ3) is 5.33. The van der Waals surface area contributed by atoms with Crippen molar-refractivity contribution in [1.82, 2.24) is 0 Å². The number of hydrogen-bond acceptors (Lipinski definition) is 2. The lowest BCUT2D eigenvalue weighted by atomic mass is 10.0. The molecule has 0 spiro atoms. The van der Waals surface area contributed by atoms with Crippen LogP contribution in [-0.4, -0.2) is 18.3 Å². The number of rotatable bonds is 8. The quantitative estimate of drug-likeness (QED) is 0.723. The second kappa shape index (κ2) is 7.06. The lowest BCUT2D eigenvalue weighted by Gasteiger charge is -2.13. The molecule has 19 heavy (non-hydrogen) atoms. The van der Waals surface area contributed by atoms with E-state index < -0.39 is 6.10 Å². The van der Waals surface area contributed by atoms with Crippen LogP contribution >= 0.6 is 0 Å². The van der Waals surface area contributed by atoms with Crippen molar-refractivity contribution in [2.45, 2.75) is 45.6 Å². The van der Waals surface area contributed by atoms with Crippen LogP contribution in [0.1, 0.15) is 50.3 Å². The Morgan fingerprint density at radius 1 is 1.21 bits per heavy atom. The fourth-order valence-electron chi connectivity index (χ4n) is 2.29. The van der Waals surface area contributed by atoms with Crippen LogP contribution in [0.5, 0.6) is 0 Å². The topological polar surface area (TPSA) is 29.5 Å². The first-order valence-electron chi connectivity index (χ1n) is 7.50. The fourth-order valence-corrected chi connectivity index (χ4v) is 2.29. The van der Waals surface area contributed by atoms with E-state index in [1.165, 1.54) is 18.4 Å². The predicted octanol–water partition coefficient (Wildman–Crippen LogP) is 3.74. The van der Waals surface area contributed by atoms with Crippen molar-refractivity contribution in [3.63, 3.8) is 0 Å². The average Bonchev–Trinajstić information content (AvgIpc) is 3.18. The molecule has 0 amide bonds. The summed E-state index contributed by atoms with van der Waals surface area (Å²) in [6, 6.07) is 8.27. The molecular formula is C17H26O2. The molecular weight excluding hydrogens is 236 g/mol. The van der Waals surface area contributed by atoms with E-state index in [2.05, 4.69) is 26.0 Å². The van der Waals surface area contributed by atoms with Crippen LogP contribution in [0, 0.1) is 11.8 Å². The van der Waals surface area contributed by atoms with Crippen molar-refractivity contribution in [3.8, 4) is 0 Å². The van der Waals surface area contributed by atoms with Crippen LogP contribution in [0.3, 0.4) is 0 Å². The van der Waals surface area contributed by atoms with E-state index in [4.69, 9.17) is 4.74 Å². The third-order valence-electron chi connectivity index (χ3n) is 3.65. The predicted molar refractivity (Wildman–Crippen MR) is 78.1 cm³/mol. The Hall–Kier alpha value is -0.860. The highest BCUT2D eigenvalue weighted by Crippen LogP contribution is 2.32. The minimum atomic E-state index is -0.493. The average molecular weight is 262 g/mol. The summed E-state index contributed by atoms with van der Waals surface area (Å²) < 4.78 is 5.55. The van der Waals surface area contributed by atoms with Crippen molar-refractivity contribution in [2.75, 3.05) is 13.2 Å². The highest BCUT2D eigenvalue weighted by molar-refractivity contribution is 5.24. The van der Waals surface area contributed by atoms with Gasteiger partial charge in [-0.25, -0.2) is 0 Å². The maximum Gasteiger partial charge on any atom is 0.102 e. The molecule has 1 saturated carbocycles. The van der Waals surface area contributed by atoms with Gasteiger partial charge in [0.05, 0.1) is 6.61 Å². The van der Waals surface area contributed by atoms with Gasteiger partial charge in [0.15, 0.2) is 0 Å². The van der Waals surface area contributed by atoms with E-state index in [0.29, 0.717) is 12.5 Å². The minimum absolute atomic E-state index is 0.413. The summed E-state index contributed by atoms with van der Waals surface area (Å²) in [4.78, 5) is 0. The monoisotopic (exact) mass is 262 g/mol. The van der Waals surface area contributed by atoms with Crippen molar-refractivity contribution in [2.24, 2.45) is 11.8 Å². The van der Waals surface area contributed by atoms with Crippen LogP contribution in [0.4, 0.5) is 0 Å². The first kappa shape index (κ1) is 14.5. The maximum atomic E-state index is 10.0. The second-order valence-electron chi connectivity index (χ2n) is 6.16. The molecule has 1 fully saturated rings. The SMILES string of the molecule is CC(C)Cc1ccc(C(O)COCCC2CC2)cc1. The molecule has 106 valence electrons. The standard InChI is InChI=1S/C17H26O2/c1-13(2)11-15-5-7-16(8-6-15)17(18)12-19-10-9-14-3-4-14/h5-8,13-14,17-18H,3-4,9-12H2,1-2H3. The molecule has 1 aliphatic carbocycles. The van der Waals surface area contributed by atoms with Gasteiger partial charge >= 0.3 is 0 Å². The van der Waals surface area contributed by atoms with Crippen molar-refractivity contribution in [1.29, 1.82) is 0 Å². The summed E-state index contributed by atoms with van der Waals surface area (Å²) in [5.41, 5.74) is 2.29. The Morgan fingerprint density at radius 3 is 2.47 bits per heavy atom. The van der Waals surface area contributed by atoms with E-state index in [0.717, 1.165) is 30.9 Å². The van der Waals surface area contributed by atoms with Crippen LogP contribution < -0.4 is 0 Å². The van der Waals surface area contributed by atoms with Gasteiger partial charge in [-0.3, -0.25) is 0 Å². The molecule has 1 aromatic carbocycles. The lowest BCUT2D eigenvalue weighted by molar-refractivity contribution is 0.0336. The lowest BCUT2D eigenvalue weighted by Crippen LogP contribution is -2.08. The van der Waals surface area contributed by atoms with Gasteiger partial charge in [0, 0.05) is 6.61 Å². The van der Waals surface area contributed by atoms with Gasteiger partial charge in [-0.15, -0.1) is 0 Å². The molecule has 0 aromatic heterocycles. The fraction of sp³-hybridized carbons (Fsp3) is 0.647. The van der Waals surface area contributed by atoms with Crippen molar-refractivity contribution < 1.29 is 9.84 Å². The third-order valence-corrected chi connectivity index (χ3v) is 3.65. The Bertz CT molecular complexity index is 365. The summed E-state index contributed by atoms with van der Waals surface area (Å²) in [6.45, 7) is 5.64. The molecule has 0 bridgehead atoms. The molecule has 1 aliphatic rings. The smallest absolute Gasteiger partial charge is 0.102 e. The minimum Gasteiger partial charge on any atom is -0.386 e. The Kier molecular flexibility index (Phi) is 5.41. The van der Waals surface area contributed by atoms with Gasteiger partial charge in [-0.05, 0) is 35.8 Å². The summed E-state index contributed by atoms with van der Waals surface area (Å²) in [7, 11) is 0. The number of hydrogen-bond donors (Lipinski definition) is 1. The van der Waals surface area contributed by atoms with Gasteiger partial charge in [0.2, 0.25) is 0 Å². The van der Waals surface area contributed by atoms with Gasteiger partial charge in [-0.2, -0.15) is 0 Å². The molecule has 0 saturated heterocycles. The maximum absolute atomic E-state index is 10.0. The molecule has 2 heteroatoms. The highest BCUT2D eigenvalue weighted by atomic mass is 16.5. The number of ether oxygens (including phenoxy) is 1. The molecule has 2 nitrogen and oxygen atoms in total. The number of aliphatic hydroxyl groups excluding tert-OH is 1. The molecule has 0 radical (unpaired) electrons. The Morgan fingerprint density at radius 2 is 1.89 bits per heavy atom. The normalized spacial score (nSPS) is 16.8. The summed E-state index contributed by atoms with van der Waals surface area (Å²) in [6.07, 6.45) is 4.48. The van der Waals surface area contributed by atoms with Gasteiger partial charge in [0.1, 0.15) is 6.10 Å². The summed E-state index contributed by atoms with van der Waals surface area (Å²) >= 11 is 0. The molecule has 1 N–H and O–H groups in total. The molecule has 0 heterocycles. The summed E-state index contributed by atoms with van der Waals surface area (Å²) in [5, 5.41) is 10.0. The van der Waals surface area contributed by atoms with Crippen molar-refractivity contribution in [3.05, 3.63) is 35.4 Å². The summed E-state index contributed by atoms with van der Waals surface area (Å²) in [5.74, 6) is 1.56. The zero-order valence-corrected chi connectivity index (χ0v) is 12.1. The Balaban J connectivity index is 1.72. The van der Waals surface area contributed by atoms with E-state index in [-0.39, 0.29) is 0 Å². The largest absolute Gasteiger partial charge is 0.386 e. The molecule has 2 rings (SSSR count).